The summed E-state index contributed by atoms with van der Waals surface area (Å²) < 4.78 is 27.6. The Kier molecular flexibility index (Phi) is 8.22. The average molecular weight is 515 g/mol. The lowest BCUT2D eigenvalue weighted by atomic mass is 10.00. The van der Waals surface area contributed by atoms with E-state index in [1.165, 1.54) is 17.0 Å². The van der Waals surface area contributed by atoms with Crippen LogP contribution in [0.1, 0.15) is 34.8 Å². The number of likely N-dealkylation sites (N-methyl/N-ethyl adjacent to an activating group) is 2. The topological polar surface area (TPSA) is 94.3 Å². The molecule has 0 atom stereocenters. The summed E-state index contributed by atoms with van der Waals surface area (Å²) in [5.41, 5.74) is 0.906. The van der Waals surface area contributed by atoms with Gasteiger partial charge in [0.25, 0.3) is 18.2 Å². The predicted octanol–water partition coefficient (Wildman–Crippen LogP) is 4.54. The molecule has 0 aliphatic rings. The number of imidazole rings is 1. The molecule has 0 radical (unpaired) electrons. The molecule has 2 amide bonds. The smallest absolute Gasteiger partial charge is 0.272 e. The van der Waals surface area contributed by atoms with Gasteiger partial charge in [0, 0.05) is 25.7 Å². The zero-order valence-electron chi connectivity index (χ0n) is 20.7. The van der Waals surface area contributed by atoms with Crippen molar-refractivity contribution >= 4 is 40.1 Å². The number of benzene rings is 1. The van der Waals surface area contributed by atoms with Crippen molar-refractivity contribution in [2.24, 2.45) is 0 Å². The van der Waals surface area contributed by atoms with Gasteiger partial charge in [0.1, 0.15) is 11.6 Å². The minimum absolute atomic E-state index is 0.0349. The van der Waals surface area contributed by atoms with E-state index < -0.39 is 23.8 Å². The van der Waals surface area contributed by atoms with Gasteiger partial charge in [0.05, 0.1) is 20.8 Å². The van der Waals surface area contributed by atoms with Crippen LogP contribution in [0.5, 0.6) is 0 Å². The van der Waals surface area contributed by atoms with Crippen LogP contribution in [0.4, 0.5) is 14.7 Å². The highest BCUT2D eigenvalue weighted by atomic mass is 32.1. The summed E-state index contributed by atoms with van der Waals surface area (Å²) >= 11 is 0.723. The minimum Gasteiger partial charge on any atom is -0.339 e. The maximum Gasteiger partial charge on any atom is 0.272 e. The lowest BCUT2D eigenvalue weighted by Gasteiger charge is -2.29. The number of amides is 2. The fourth-order valence-electron chi connectivity index (χ4n) is 3.33. The second-order valence-electron chi connectivity index (χ2n) is 8.98. The third-order valence-corrected chi connectivity index (χ3v) is 7.04. The molecule has 190 valence electrons. The minimum atomic E-state index is -2.65. The van der Waals surface area contributed by atoms with Gasteiger partial charge in [-0.2, -0.15) is 5.26 Å². The summed E-state index contributed by atoms with van der Waals surface area (Å²) in [5, 5.41) is 12.3. The van der Waals surface area contributed by atoms with Crippen molar-refractivity contribution in [3.8, 4) is 6.07 Å². The standard InChI is InChI=1S/C25H28F2N6O2S/c1-25(2,31(3)4)14-16(15-28)23(35)32(5)12-13-33-18-9-7-6-8-17(18)29-24(33)30-22(34)20-11-10-19(36-20)21(26)27/h6-11,14,21H,12-13H2,1-5H3,(H,29,30,34). The number of halogens is 2. The van der Waals surface area contributed by atoms with Crippen molar-refractivity contribution in [3.63, 3.8) is 0 Å². The number of nitrogens with one attached hydrogen (secondary N) is 1. The van der Waals surface area contributed by atoms with E-state index in [0.717, 1.165) is 16.9 Å². The van der Waals surface area contributed by atoms with E-state index in [4.69, 9.17) is 0 Å². The fraction of sp³-hybridized carbons (Fsp3) is 0.360. The summed E-state index contributed by atoms with van der Waals surface area (Å²) in [6.45, 7) is 4.32. The Balaban J connectivity index is 1.82. The molecule has 1 aromatic carbocycles. The third kappa shape index (κ3) is 5.95. The van der Waals surface area contributed by atoms with E-state index in [0.29, 0.717) is 5.52 Å². The molecule has 2 aromatic heterocycles. The zero-order valence-corrected chi connectivity index (χ0v) is 21.6. The molecule has 11 heteroatoms. The van der Waals surface area contributed by atoms with Crippen LogP contribution in [0.2, 0.25) is 0 Å². The molecule has 0 fully saturated rings. The van der Waals surface area contributed by atoms with Gasteiger partial charge in [-0.3, -0.25) is 14.9 Å². The van der Waals surface area contributed by atoms with Crippen LogP contribution >= 0.6 is 11.3 Å². The highest BCUT2D eigenvalue weighted by Gasteiger charge is 2.24. The van der Waals surface area contributed by atoms with E-state index in [1.807, 2.05) is 57.1 Å². The maximum atomic E-state index is 13.0. The Hall–Kier alpha value is -3.62. The van der Waals surface area contributed by atoms with Crippen molar-refractivity contribution in [1.29, 1.82) is 5.26 Å². The van der Waals surface area contributed by atoms with Gasteiger partial charge in [0.15, 0.2) is 0 Å². The van der Waals surface area contributed by atoms with E-state index in [-0.39, 0.29) is 34.4 Å². The van der Waals surface area contributed by atoms with Gasteiger partial charge in [-0.1, -0.05) is 12.1 Å². The first kappa shape index (κ1) is 27.0. The number of nitrogens with zero attached hydrogens (tertiary/aromatic N) is 5. The summed E-state index contributed by atoms with van der Waals surface area (Å²) in [4.78, 5) is 33.5. The van der Waals surface area contributed by atoms with Crippen molar-refractivity contribution in [2.75, 3.05) is 33.0 Å². The van der Waals surface area contributed by atoms with Crippen LogP contribution in [-0.4, -0.2) is 64.4 Å². The third-order valence-electron chi connectivity index (χ3n) is 5.95. The van der Waals surface area contributed by atoms with Crippen LogP contribution in [0.15, 0.2) is 48.0 Å². The first-order chi connectivity index (χ1) is 16.9. The molecule has 0 aliphatic heterocycles. The number of thiophene rings is 1. The number of aromatic nitrogens is 2. The molecule has 0 saturated heterocycles. The van der Waals surface area contributed by atoms with E-state index in [2.05, 4.69) is 10.3 Å². The number of nitriles is 1. The molecule has 0 aliphatic carbocycles. The molecular weight excluding hydrogens is 486 g/mol. The Morgan fingerprint density at radius 2 is 1.92 bits per heavy atom. The molecule has 0 bridgehead atoms. The van der Waals surface area contributed by atoms with Gasteiger partial charge in [-0.15, -0.1) is 11.3 Å². The Bertz CT molecular complexity index is 1340. The van der Waals surface area contributed by atoms with Gasteiger partial charge in [-0.05, 0) is 58.3 Å². The number of anilines is 1. The highest BCUT2D eigenvalue weighted by molar-refractivity contribution is 7.14. The number of rotatable bonds is 9. The number of hydrogen-bond acceptors (Lipinski definition) is 6. The second kappa shape index (κ2) is 11.0. The molecule has 0 saturated carbocycles. The van der Waals surface area contributed by atoms with E-state index >= 15 is 0 Å². The Morgan fingerprint density at radius 1 is 1.22 bits per heavy atom. The molecule has 3 aromatic rings. The van der Waals surface area contributed by atoms with Crippen LogP contribution < -0.4 is 5.32 Å². The van der Waals surface area contributed by atoms with Gasteiger partial charge < -0.3 is 14.4 Å². The Morgan fingerprint density at radius 3 is 2.53 bits per heavy atom. The number of hydrogen-bond donors (Lipinski definition) is 1. The van der Waals surface area contributed by atoms with E-state index in [9.17, 15) is 23.6 Å². The normalized spacial score (nSPS) is 12.3. The SMILES string of the molecule is CN(CCn1c(NC(=O)c2ccc(C(F)F)s2)nc2ccccc21)C(=O)C(C#N)=CC(C)(C)N(C)C. The molecular formula is C25H28F2N6O2S. The summed E-state index contributed by atoms with van der Waals surface area (Å²) in [5.74, 6) is -0.729. The van der Waals surface area contributed by atoms with Gasteiger partial charge >= 0.3 is 0 Å². The van der Waals surface area contributed by atoms with Crippen molar-refractivity contribution in [3.05, 3.63) is 57.8 Å². The predicted molar refractivity (Wildman–Crippen MR) is 136 cm³/mol. The summed E-state index contributed by atoms with van der Waals surface area (Å²) in [6, 6.07) is 11.8. The molecule has 8 nitrogen and oxygen atoms in total. The lowest BCUT2D eigenvalue weighted by molar-refractivity contribution is -0.125. The fourth-order valence-corrected chi connectivity index (χ4v) is 4.09. The zero-order chi connectivity index (χ0) is 26.6. The quantitative estimate of drug-likeness (QED) is 0.334. The largest absolute Gasteiger partial charge is 0.339 e. The van der Waals surface area contributed by atoms with Gasteiger partial charge in [0.2, 0.25) is 5.95 Å². The summed E-state index contributed by atoms with van der Waals surface area (Å²) in [6.07, 6.45) is -1.01. The van der Waals surface area contributed by atoms with Gasteiger partial charge in [-0.25, -0.2) is 13.8 Å². The monoisotopic (exact) mass is 514 g/mol. The Labute approximate surface area is 212 Å². The first-order valence-electron chi connectivity index (χ1n) is 11.1. The van der Waals surface area contributed by atoms with Crippen molar-refractivity contribution in [2.45, 2.75) is 32.4 Å². The van der Waals surface area contributed by atoms with Crippen LogP contribution in [0.3, 0.4) is 0 Å². The number of fused-ring (bicyclic) bond motifs is 1. The highest BCUT2D eigenvalue weighted by Crippen LogP contribution is 2.28. The lowest BCUT2D eigenvalue weighted by Crippen LogP contribution is -2.38. The number of carbonyl (C=O) groups excluding carboxylic acids is 2. The molecule has 3 rings (SSSR count). The molecule has 0 spiro atoms. The molecule has 36 heavy (non-hydrogen) atoms. The molecule has 0 unspecified atom stereocenters. The second-order valence-corrected chi connectivity index (χ2v) is 10.1. The van der Waals surface area contributed by atoms with Crippen LogP contribution in [0, 0.1) is 11.3 Å². The molecule has 2 heterocycles. The number of para-hydroxylation sites is 2. The maximum absolute atomic E-state index is 13.0. The van der Waals surface area contributed by atoms with Crippen LogP contribution in [-0.2, 0) is 11.3 Å². The molecule has 1 N–H and O–H groups in total. The summed E-state index contributed by atoms with van der Waals surface area (Å²) in [7, 11) is 5.33. The van der Waals surface area contributed by atoms with Crippen molar-refractivity contribution < 1.29 is 18.4 Å². The van der Waals surface area contributed by atoms with E-state index in [1.54, 1.807) is 23.8 Å². The number of carbonyl (C=O) groups is 2. The van der Waals surface area contributed by atoms with Crippen LogP contribution in [0.25, 0.3) is 11.0 Å². The van der Waals surface area contributed by atoms with Crippen molar-refractivity contribution in [1.82, 2.24) is 19.4 Å². The average Bonchev–Trinajstić information content (AvgIpc) is 3.46. The first-order valence-corrected chi connectivity index (χ1v) is 12.0. The number of alkyl halides is 2.